The summed E-state index contributed by atoms with van der Waals surface area (Å²) in [7, 11) is 14.3. The van der Waals surface area contributed by atoms with Crippen molar-refractivity contribution in [3.8, 4) is 0 Å². The minimum Gasteiger partial charge on any atom is -0.541 e. The second-order valence-electron chi connectivity index (χ2n) is 13.2. The molecule has 0 aromatic heterocycles. The smallest absolute Gasteiger partial charge is 0.141 e. The van der Waals surface area contributed by atoms with Crippen LogP contribution in [0.2, 0.25) is 24.3 Å². The maximum atomic E-state index is 13.9. The predicted octanol–water partition coefficient (Wildman–Crippen LogP) is 7.07. The van der Waals surface area contributed by atoms with Crippen LogP contribution in [0.15, 0.2) is 12.2 Å². The molecule has 37 heavy (non-hydrogen) atoms. The van der Waals surface area contributed by atoms with Crippen molar-refractivity contribution in [1.29, 1.82) is 0 Å². The van der Waals surface area contributed by atoms with E-state index in [9.17, 15) is 9.59 Å². The van der Waals surface area contributed by atoms with Crippen LogP contribution in [0.1, 0.15) is 101 Å². The van der Waals surface area contributed by atoms with Crippen molar-refractivity contribution in [2.75, 3.05) is 0 Å². The molecule has 0 amide bonds. The van der Waals surface area contributed by atoms with Gasteiger partial charge in [-0.25, -0.2) is 18.6 Å². The fourth-order valence-electron chi connectivity index (χ4n) is 6.39. The summed E-state index contributed by atoms with van der Waals surface area (Å²) in [5.74, 6) is 1.17. The Bertz CT molecular complexity index is 700. The Labute approximate surface area is 261 Å². The third-order valence-electron chi connectivity index (χ3n) is 9.09. The standard InChI is InChI=1S/C29H52B5O2.Y/c1-20(2)15-13-14-16-21(3)17-18-22(4)34(31)25(7)23(5)24(6)26(36)29(10,11)27(33(12)32-30)28(8,9)19-35;/h15,21-25,27H,1,13-14,16-18H2,2-12H3;/q-2;. The first-order chi connectivity index (χ1) is 16.4. The van der Waals surface area contributed by atoms with Gasteiger partial charge in [0.05, 0.1) is 13.2 Å². The van der Waals surface area contributed by atoms with Crippen LogP contribution in [0.3, 0.4) is 0 Å². The molecule has 0 aliphatic heterocycles. The van der Waals surface area contributed by atoms with Crippen LogP contribution in [0.25, 0.3) is 0 Å². The van der Waals surface area contributed by atoms with E-state index in [1.165, 1.54) is 19.3 Å². The molecule has 0 saturated heterocycles. The number of carbonyl (C=O) groups is 1. The molecule has 0 N–H and O–H groups in total. The van der Waals surface area contributed by atoms with E-state index in [1.807, 2.05) is 48.4 Å². The zero-order valence-electron chi connectivity index (χ0n) is 26.1. The van der Waals surface area contributed by atoms with Crippen molar-refractivity contribution in [3.63, 3.8) is 0 Å². The average Bonchev–Trinajstić information content (AvgIpc) is 2.81. The van der Waals surface area contributed by atoms with Crippen LogP contribution < -0.4 is 0 Å². The number of Topliss-reactive ketones (excluding diaryl/α,β-unsaturated/α-hetero) is 1. The van der Waals surface area contributed by atoms with E-state index < -0.39 is 10.8 Å². The molecule has 0 aromatic carbocycles. The van der Waals surface area contributed by atoms with E-state index >= 15 is 0 Å². The molecule has 200 valence electrons. The van der Waals surface area contributed by atoms with Crippen LogP contribution in [0.4, 0.5) is 0 Å². The molecule has 0 saturated carbocycles. The number of carbonyl (C=O) groups excluding carboxylic acids is 2. The summed E-state index contributed by atoms with van der Waals surface area (Å²) in [6, 6.07) is 0. The van der Waals surface area contributed by atoms with E-state index in [0.717, 1.165) is 18.4 Å². The molecule has 0 aromatic rings. The van der Waals surface area contributed by atoms with Crippen molar-refractivity contribution in [3.05, 3.63) is 18.6 Å². The normalized spacial score (nSPS) is 16.7. The van der Waals surface area contributed by atoms with E-state index in [1.54, 1.807) is 7.06 Å². The first kappa shape index (κ1) is 39.5. The molecule has 0 aliphatic carbocycles. The van der Waals surface area contributed by atoms with E-state index in [-0.39, 0.29) is 75.2 Å². The van der Waals surface area contributed by atoms with Gasteiger partial charge in [0, 0.05) is 66.6 Å². The number of allylic oxidation sites excluding steroid dienone is 1. The zero-order chi connectivity index (χ0) is 28.4. The predicted molar refractivity (Wildman–Crippen MR) is 165 cm³/mol. The topological polar surface area (TPSA) is 34.1 Å². The quantitative estimate of drug-likeness (QED) is 0.0938. The maximum absolute atomic E-state index is 13.9. The third kappa shape index (κ3) is 12.2. The van der Waals surface area contributed by atoms with Gasteiger partial charge in [-0.3, -0.25) is 11.1 Å². The minimum absolute atomic E-state index is 0. The van der Waals surface area contributed by atoms with E-state index in [2.05, 4.69) is 47.0 Å². The monoisotopic (exact) mass is 576 g/mol. The van der Waals surface area contributed by atoms with Gasteiger partial charge >= 0.3 is 0 Å². The van der Waals surface area contributed by atoms with Gasteiger partial charge in [0.2, 0.25) is 0 Å². The van der Waals surface area contributed by atoms with Crippen molar-refractivity contribution in [2.24, 2.45) is 28.6 Å². The summed E-state index contributed by atoms with van der Waals surface area (Å²) in [5.41, 5.74) is -0.362. The Morgan fingerprint density at radius 1 is 1.08 bits per heavy atom. The van der Waals surface area contributed by atoms with Crippen LogP contribution in [-0.4, -0.2) is 47.8 Å². The molecule has 0 bridgehead atoms. The molecule has 0 aliphatic rings. The second-order valence-corrected chi connectivity index (χ2v) is 13.2. The van der Waals surface area contributed by atoms with Gasteiger partial charge in [-0.1, -0.05) is 119 Å². The summed E-state index contributed by atoms with van der Waals surface area (Å²) < 4.78 is 0. The zero-order valence-corrected chi connectivity index (χ0v) is 28.9. The van der Waals surface area contributed by atoms with Gasteiger partial charge in [0.25, 0.3) is 0 Å². The van der Waals surface area contributed by atoms with Crippen LogP contribution >= 0.6 is 0 Å². The Morgan fingerprint density at radius 3 is 2.08 bits per heavy atom. The van der Waals surface area contributed by atoms with E-state index in [0.29, 0.717) is 11.7 Å². The number of hydrogen-bond acceptors (Lipinski definition) is 2. The molecule has 0 heterocycles. The van der Waals surface area contributed by atoms with Crippen LogP contribution in [-0.2, 0) is 42.3 Å². The van der Waals surface area contributed by atoms with Crippen LogP contribution in [0, 0.1) is 35.0 Å². The van der Waals surface area contributed by atoms with Gasteiger partial charge in [-0.2, -0.15) is 0 Å². The van der Waals surface area contributed by atoms with Crippen LogP contribution in [0.5, 0.6) is 0 Å². The number of hydrogen-bond donors (Lipinski definition) is 0. The maximum Gasteiger partial charge on any atom is 0.141 e. The molecular formula is C29H52B5O2Y-2. The van der Waals surface area contributed by atoms with Crippen molar-refractivity contribution < 1.29 is 42.3 Å². The minimum atomic E-state index is -0.785. The van der Waals surface area contributed by atoms with Gasteiger partial charge in [-0.15, -0.1) is 11.8 Å². The molecule has 0 fully saturated rings. The summed E-state index contributed by atoms with van der Waals surface area (Å²) in [5, 5.41) is 0. The molecule has 6 unspecified atom stereocenters. The fourth-order valence-corrected chi connectivity index (χ4v) is 6.39. The average molecular weight is 576 g/mol. The molecule has 2 nitrogen and oxygen atoms in total. The van der Waals surface area contributed by atoms with E-state index in [4.69, 9.17) is 15.5 Å². The van der Waals surface area contributed by atoms with Crippen molar-refractivity contribution >= 4 is 47.8 Å². The summed E-state index contributed by atoms with van der Waals surface area (Å²) in [6.07, 6.45) is 10.2. The van der Waals surface area contributed by atoms with Gasteiger partial charge in [-0.05, 0) is 11.8 Å². The molecule has 0 rings (SSSR count). The Hall–Kier alpha value is 0.379. The third-order valence-corrected chi connectivity index (χ3v) is 9.09. The summed E-state index contributed by atoms with van der Waals surface area (Å²) in [4.78, 5) is 25.7. The Morgan fingerprint density at radius 2 is 1.62 bits per heavy atom. The van der Waals surface area contributed by atoms with Gasteiger partial charge in [0.1, 0.15) is 5.78 Å². The first-order valence-corrected chi connectivity index (χ1v) is 14.2. The molecule has 6 atom stereocenters. The number of rotatable bonds is 19. The van der Waals surface area contributed by atoms with Gasteiger partial charge in [0.15, 0.2) is 0 Å². The SMILES string of the molecule is [B][B]B(C)C(C(C)(C)[C-]=O)C(C)(C)C(=O)C(C)C(C)C(C)B([B])C(C)CCC(C)CCC[CH-]C(=C)C.[Y]. The summed E-state index contributed by atoms with van der Waals surface area (Å²) >= 11 is 0. The molecule has 6 radical (unpaired) electrons. The molecule has 8 heteroatoms. The Balaban J connectivity index is 0. The molecule has 0 spiro atoms. The van der Waals surface area contributed by atoms with Crippen molar-refractivity contribution in [1.82, 2.24) is 0 Å². The number of unbranched alkanes of at least 4 members (excludes halogenated alkanes) is 1. The molecular weight excluding hydrogens is 523 g/mol. The Kier molecular flexibility index (Phi) is 19.2. The van der Waals surface area contributed by atoms with Crippen molar-refractivity contribution in [2.45, 2.75) is 126 Å². The first-order valence-electron chi connectivity index (χ1n) is 14.2. The van der Waals surface area contributed by atoms with Gasteiger partial charge < -0.3 is 4.79 Å². The second kappa shape index (κ2) is 17.9. The fraction of sp³-hybridized carbons (Fsp3) is 0.828. The summed E-state index contributed by atoms with van der Waals surface area (Å²) in [6.45, 7) is 26.5. The largest absolute Gasteiger partial charge is 0.541 e. The number of ketones is 1.